The van der Waals surface area contributed by atoms with Gasteiger partial charge in [-0.05, 0) is 6.42 Å². The van der Waals surface area contributed by atoms with Gasteiger partial charge in [0, 0.05) is 20.6 Å². The summed E-state index contributed by atoms with van der Waals surface area (Å²) in [6.07, 6.45) is 19.1. The van der Waals surface area contributed by atoms with Crippen LogP contribution in [0.1, 0.15) is 110 Å². The Morgan fingerprint density at radius 2 is 1.10 bits per heavy atom. The first-order chi connectivity index (χ1) is 14.9. The predicted octanol–water partition coefficient (Wildman–Crippen LogP) is 6.35. The SMILES string of the molecule is CCCCCCCCCCCCCCCCCC(=O)NC(C(=O)OC)P(=O)(OC)OC. The Hall–Kier alpha value is -0.910. The largest absolute Gasteiger partial charge is 0.467 e. The summed E-state index contributed by atoms with van der Waals surface area (Å²) in [7, 11) is -0.305. The lowest BCUT2D eigenvalue weighted by atomic mass is 10.0. The van der Waals surface area contributed by atoms with E-state index in [2.05, 4.69) is 17.0 Å². The smallest absolute Gasteiger partial charge is 0.363 e. The molecule has 7 nitrogen and oxygen atoms in total. The van der Waals surface area contributed by atoms with E-state index in [1.54, 1.807) is 0 Å². The third kappa shape index (κ3) is 14.7. The molecule has 0 spiro atoms. The van der Waals surface area contributed by atoms with Crippen LogP contribution in [0.2, 0.25) is 0 Å². The summed E-state index contributed by atoms with van der Waals surface area (Å²) in [5.41, 5.74) is 0. The van der Waals surface area contributed by atoms with E-state index in [0.717, 1.165) is 26.4 Å². The van der Waals surface area contributed by atoms with Gasteiger partial charge in [0.2, 0.25) is 11.7 Å². The molecule has 0 saturated carbocycles. The molecular weight excluding hydrogens is 417 g/mol. The number of carbonyl (C=O) groups excluding carboxylic acids is 2. The predicted molar refractivity (Wildman–Crippen MR) is 125 cm³/mol. The molecule has 1 atom stereocenters. The highest BCUT2D eigenvalue weighted by Crippen LogP contribution is 2.50. The van der Waals surface area contributed by atoms with Gasteiger partial charge in [-0.2, -0.15) is 0 Å². The molecule has 8 heteroatoms. The molecule has 1 unspecified atom stereocenters. The van der Waals surface area contributed by atoms with Gasteiger partial charge in [-0.25, -0.2) is 4.79 Å². The second-order valence-corrected chi connectivity index (χ2v) is 10.4. The molecule has 0 heterocycles. The van der Waals surface area contributed by atoms with Gasteiger partial charge in [-0.15, -0.1) is 0 Å². The molecule has 0 aromatic heterocycles. The van der Waals surface area contributed by atoms with Crippen LogP contribution in [0.15, 0.2) is 0 Å². The minimum absolute atomic E-state index is 0.263. The first-order valence-electron chi connectivity index (χ1n) is 12.0. The average Bonchev–Trinajstić information content (AvgIpc) is 2.78. The number of ether oxygens (including phenoxy) is 1. The van der Waals surface area contributed by atoms with Crippen molar-refractivity contribution in [2.45, 2.75) is 115 Å². The van der Waals surface area contributed by atoms with Crippen molar-refractivity contribution in [2.75, 3.05) is 21.3 Å². The highest BCUT2D eigenvalue weighted by Gasteiger charge is 2.42. The van der Waals surface area contributed by atoms with E-state index in [1.165, 1.54) is 91.3 Å². The number of carbonyl (C=O) groups is 2. The summed E-state index contributed by atoms with van der Waals surface area (Å²) < 4.78 is 26.7. The topological polar surface area (TPSA) is 90.9 Å². The van der Waals surface area contributed by atoms with Crippen molar-refractivity contribution in [2.24, 2.45) is 0 Å². The minimum Gasteiger partial charge on any atom is -0.467 e. The summed E-state index contributed by atoms with van der Waals surface area (Å²) in [6, 6.07) is 0. The van der Waals surface area contributed by atoms with Gasteiger partial charge >= 0.3 is 13.6 Å². The number of esters is 1. The highest BCUT2D eigenvalue weighted by molar-refractivity contribution is 7.55. The Morgan fingerprint density at radius 3 is 1.45 bits per heavy atom. The Labute approximate surface area is 189 Å². The highest BCUT2D eigenvalue weighted by atomic mass is 31.2. The summed E-state index contributed by atoms with van der Waals surface area (Å²) in [6.45, 7) is 2.25. The van der Waals surface area contributed by atoms with Gasteiger partial charge in [0.05, 0.1) is 7.11 Å². The van der Waals surface area contributed by atoms with Gasteiger partial charge in [0.15, 0.2) is 0 Å². The molecule has 0 fully saturated rings. The lowest BCUT2D eigenvalue weighted by Gasteiger charge is -2.23. The first-order valence-corrected chi connectivity index (χ1v) is 13.6. The van der Waals surface area contributed by atoms with E-state index in [-0.39, 0.29) is 12.3 Å². The second-order valence-electron chi connectivity index (χ2n) is 8.10. The Bertz CT molecular complexity index is 506. The van der Waals surface area contributed by atoms with Crippen molar-refractivity contribution < 1.29 is 27.9 Å². The quantitative estimate of drug-likeness (QED) is 0.121. The average molecular weight is 464 g/mol. The third-order valence-corrected chi connectivity index (χ3v) is 7.55. The molecule has 0 aliphatic rings. The molecule has 0 aromatic carbocycles. The van der Waals surface area contributed by atoms with Gasteiger partial charge in [-0.3, -0.25) is 9.36 Å². The summed E-state index contributed by atoms with van der Waals surface area (Å²) in [4.78, 5) is 24.0. The number of methoxy groups -OCH3 is 1. The maximum Gasteiger partial charge on any atom is 0.363 e. The number of nitrogens with one attached hydrogen (secondary N) is 1. The minimum atomic E-state index is -3.80. The Kier molecular flexibility index (Phi) is 19.2. The standard InChI is InChI=1S/C23H46NO6P/c1-5-6-7-8-9-10-11-12-13-14-15-16-17-18-19-20-21(25)24-22(23(26)28-2)31(27,29-3)30-4/h22H,5-20H2,1-4H3,(H,24,25). The number of unbranched alkanes of at least 4 members (excludes halogenated alkanes) is 14. The lowest BCUT2D eigenvalue weighted by Crippen LogP contribution is -2.41. The monoisotopic (exact) mass is 463 g/mol. The maximum absolute atomic E-state index is 12.4. The molecule has 1 amide bonds. The summed E-state index contributed by atoms with van der Waals surface area (Å²) in [5, 5.41) is 2.43. The molecule has 0 saturated heterocycles. The van der Waals surface area contributed by atoms with Crippen LogP contribution in [-0.4, -0.2) is 39.0 Å². The van der Waals surface area contributed by atoms with Crippen LogP contribution in [-0.2, 0) is 27.9 Å². The van der Waals surface area contributed by atoms with Crippen LogP contribution in [0.4, 0.5) is 0 Å². The van der Waals surface area contributed by atoms with Crippen LogP contribution in [0.5, 0.6) is 0 Å². The normalized spacial score (nSPS) is 12.5. The lowest BCUT2D eigenvalue weighted by molar-refractivity contribution is -0.143. The zero-order valence-corrected chi connectivity index (χ0v) is 21.2. The molecule has 0 bridgehead atoms. The third-order valence-electron chi connectivity index (χ3n) is 5.55. The van der Waals surface area contributed by atoms with E-state index in [9.17, 15) is 14.2 Å². The molecule has 31 heavy (non-hydrogen) atoms. The fourth-order valence-electron chi connectivity index (χ4n) is 3.55. The summed E-state index contributed by atoms with van der Waals surface area (Å²) >= 11 is 0. The number of hydrogen-bond acceptors (Lipinski definition) is 6. The van der Waals surface area contributed by atoms with Crippen LogP contribution in [0.3, 0.4) is 0 Å². The van der Waals surface area contributed by atoms with Crippen molar-refractivity contribution in [3.63, 3.8) is 0 Å². The molecular formula is C23H46NO6P. The Morgan fingerprint density at radius 1 is 0.710 bits per heavy atom. The van der Waals surface area contributed by atoms with Gasteiger partial charge in [-0.1, -0.05) is 96.8 Å². The van der Waals surface area contributed by atoms with Gasteiger partial charge < -0.3 is 19.1 Å². The van der Waals surface area contributed by atoms with Crippen molar-refractivity contribution in [3.8, 4) is 0 Å². The van der Waals surface area contributed by atoms with E-state index in [4.69, 9.17) is 9.05 Å². The molecule has 0 aliphatic carbocycles. The fourth-order valence-corrected chi connectivity index (χ4v) is 4.78. The van der Waals surface area contributed by atoms with Crippen molar-refractivity contribution >= 4 is 19.5 Å². The number of hydrogen-bond donors (Lipinski definition) is 1. The molecule has 184 valence electrons. The van der Waals surface area contributed by atoms with E-state index in [0.29, 0.717) is 0 Å². The van der Waals surface area contributed by atoms with Crippen molar-refractivity contribution in [1.82, 2.24) is 5.32 Å². The molecule has 0 aliphatic heterocycles. The maximum atomic E-state index is 12.4. The zero-order chi connectivity index (χ0) is 23.4. The fraction of sp³-hybridized carbons (Fsp3) is 0.913. The van der Waals surface area contributed by atoms with Crippen LogP contribution >= 0.6 is 7.60 Å². The molecule has 1 N–H and O–H groups in total. The van der Waals surface area contributed by atoms with E-state index < -0.39 is 19.3 Å². The van der Waals surface area contributed by atoms with Crippen LogP contribution < -0.4 is 5.32 Å². The second kappa shape index (κ2) is 19.8. The molecule has 0 aromatic rings. The number of rotatable bonds is 21. The zero-order valence-electron chi connectivity index (χ0n) is 20.3. The van der Waals surface area contributed by atoms with E-state index in [1.807, 2.05) is 0 Å². The molecule has 0 radical (unpaired) electrons. The first kappa shape index (κ1) is 30.1. The van der Waals surface area contributed by atoms with Crippen molar-refractivity contribution in [1.29, 1.82) is 0 Å². The van der Waals surface area contributed by atoms with Crippen molar-refractivity contribution in [3.05, 3.63) is 0 Å². The summed E-state index contributed by atoms with van der Waals surface area (Å²) in [5.74, 6) is -2.66. The molecule has 0 rings (SSSR count). The van der Waals surface area contributed by atoms with E-state index >= 15 is 0 Å². The van der Waals surface area contributed by atoms with Gasteiger partial charge in [0.1, 0.15) is 0 Å². The van der Waals surface area contributed by atoms with Crippen LogP contribution in [0, 0.1) is 0 Å². The Balaban J connectivity index is 3.75. The number of amides is 1. The van der Waals surface area contributed by atoms with Gasteiger partial charge in [0.25, 0.3) is 0 Å². The van der Waals surface area contributed by atoms with Crippen LogP contribution in [0.25, 0.3) is 0 Å².